The third-order valence-corrected chi connectivity index (χ3v) is 4.64. The van der Waals surface area contributed by atoms with E-state index in [1.807, 2.05) is 31.2 Å². The molecule has 3 rings (SSSR count). The molecule has 6 nitrogen and oxygen atoms in total. The molecular weight excluding hydrogens is 330 g/mol. The van der Waals surface area contributed by atoms with Crippen LogP contribution in [0.25, 0.3) is 0 Å². The Morgan fingerprint density at radius 1 is 1.35 bits per heavy atom. The highest BCUT2D eigenvalue weighted by atomic mass is 16.5. The molecule has 1 aromatic heterocycles. The highest BCUT2D eigenvalue weighted by Crippen LogP contribution is 2.25. The summed E-state index contributed by atoms with van der Waals surface area (Å²) in [5.74, 6) is 0.742. The number of aromatic nitrogens is 1. The van der Waals surface area contributed by atoms with Gasteiger partial charge in [0.25, 0.3) is 5.91 Å². The minimum absolute atomic E-state index is 0.000822. The first kappa shape index (κ1) is 18.4. The van der Waals surface area contributed by atoms with Crippen LogP contribution in [0.5, 0.6) is 5.75 Å². The van der Waals surface area contributed by atoms with Crippen molar-refractivity contribution in [1.29, 1.82) is 0 Å². The van der Waals surface area contributed by atoms with Crippen LogP contribution in [0.15, 0.2) is 48.8 Å². The van der Waals surface area contributed by atoms with Crippen LogP contribution < -0.4 is 10.1 Å². The first-order chi connectivity index (χ1) is 12.7. The Labute approximate surface area is 153 Å². The van der Waals surface area contributed by atoms with Crippen LogP contribution in [0.4, 0.5) is 0 Å². The molecule has 1 aromatic carbocycles. The van der Waals surface area contributed by atoms with E-state index in [1.54, 1.807) is 24.5 Å². The average Bonchev–Trinajstić information content (AvgIpc) is 3.05. The minimum Gasteiger partial charge on any atom is -0.494 e. The van der Waals surface area contributed by atoms with Crippen molar-refractivity contribution < 1.29 is 14.6 Å². The molecule has 2 heterocycles. The number of likely N-dealkylation sites (tertiary alicyclic amines) is 1. The first-order valence-corrected chi connectivity index (χ1v) is 8.97. The Balaban J connectivity index is 1.65. The molecule has 1 aliphatic heterocycles. The molecule has 2 aromatic rings. The lowest BCUT2D eigenvalue weighted by Crippen LogP contribution is -2.37. The van der Waals surface area contributed by atoms with Crippen molar-refractivity contribution in [2.24, 2.45) is 0 Å². The molecule has 0 radical (unpaired) electrons. The quantitative estimate of drug-likeness (QED) is 0.793. The number of aliphatic hydroxyl groups is 1. The number of hydrogen-bond acceptors (Lipinski definition) is 5. The SMILES string of the molecule is CCOc1ccccc1CN1C[C@@H](NC(=O)c2cccnc2)C[C@H]1CO. The van der Waals surface area contributed by atoms with Gasteiger partial charge in [0.1, 0.15) is 5.75 Å². The van der Waals surface area contributed by atoms with E-state index in [0.717, 1.165) is 17.7 Å². The molecule has 0 aliphatic carbocycles. The van der Waals surface area contributed by atoms with Crippen molar-refractivity contribution in [3.63, 3.8) is 0 Å². The Bertz CT molecular complexity index is 723. The van der Waals surface area contributed by atoms with E-state index in [9.17, 15) is 9.90 Å². The summed E-state index contributed by atoms with van der Waals surface area (Å²) in [4.78, 5) is 18.5. The van der Waals surface area contributed by atoms with Crippen LogP contribution in [-0.2, 0) is 6.54 Å². The molecule has 26 heavy (non-hydrogen) atoms. The van der Waals surface area contributed by atoms with Crippen LogP contribution in [0.3, 0.4) is 0 Å². The Morgan fingerprint density at radius 3 is 2.92 bits per heavy atom. The van der Waals surface area contributed by atoms with E-state index in [4.69, 9.17) is 4.74 Å². The van der Waals surface area contributed by atoms with Crippen molar-refractivity contribution in [3.05, 3.63) is 59.9 Å². The molecule has 1 amide bonds. The first-order valence-electron chi connectivity index (χ1n) is 8.97. The molecule has 138 valence electrons. The monoisotopic (exact) mass is 355 g/mol. The second-order valence-corrected chi connectivity index (χ2v) is 6.45. The molecule has 2 N–H and O–H groups in total. The number of pyridine rings is 1. The van der Waals surface area contributed by atoms with Gasteiger partial charge in [0.2, 0.25) is 0 Å². The second-order valence-electron chi connectivity index (χ2n) is 6.45. The van der Waals surface area contributed by atoms with Gasteiger partial charge >= 0.3 is 0 Å². The number of amides is 1. The van der Waals surface area contributed by atoms with Crippen LogP contribution in [0.2, 0.25) is 0 Å². The van der Waals surface area contributed by atoms with Gasteiger partial charge in [-0.05, 0) is 31.5 Å². The molecule has 0 saturated carbocycles. The van der Waals surface area contributed by atoms with Gasteiger partial charge in [-0.15, -0.1) is 0 Å². The normalized spacial score (nSPS) is 20.1. The maximum absolute atomic E-state index is 12.3. The third-order valence-electron chi connectivity index (χ3n) is 4.64. The number of nitrogens with one attached hydrogen (secondary N) is 1. The van der Waals surface area contributed by atoms with Crippen molar-refractivity contribution in [2.45, 2.75) is 32.0 Å². The standard InChI is InChI=1S/C20H25N3O3/c1-2-26-19-8-4-3-6-16(19)12-23-13-17(10-18(23)14-24)22-20(25)15-7-5-9-21-11-15/h3-9,11,17-18,24H,2,10,12-14H2,1H3,(H,22,25)/t17-,18-/m0/s1. The van der Waals surface area contributed by atoms with Gasteiger partial charge in [-0.3, -0.25) is 14.7 Å². The predicted octanol–water partition coefficient (Wildman–Crippen LogP) is 1.85. The number of hydrogen-bond donors (Lipinski definition) is 2. The maximum atomic E-state index is 12.3. The van der Waals surface area contributed by atoms with Crippen LogP contribution in [0, 0.1) is 0 Å². The smallest absolute Gasteiger partial charge is 0.253 e. The fourth-order valence-corrected chi connectivity index (χ4v) is 3.39. The largest absolute Gasteiger partial charge is 0.494 e. The number of para-hydroxylation sites is 1. The number of ether oxygens (including phenoxy) is 1. The third kappa shape index (κ3) is 4.39. The minimum atomic E-state index is -0.128. The lowest BCUT2D eigenvalue weighted by Gasteiger charge is -2.23. The number of benzene rings is 1. The van der Waals surface area contributed by atoms with Crippen molar-refractivity contribution >= 4 is 5.91 Å². The van der Waals surface area contributed by atoms with Gasteiger partial charge in [0, 0.05) is 43.1 Å². The van der Waals surface area contributed by atoms with Gasteiger partial charge in [-0.25, -0.2) is 0 Å². The Kier molecular flexibility index (Phi) is 6.20. The molecule has 0 unspecified atom stereocenters. The van der Waals surface area contributed by atoms with E-state index in [1.165, 1.54) is 0 Å². The summed E-state index contributed by atoms with van der Waals surface area (Å²) in [5, 5.41) is 12.8. The van der Waals surface area contributed by atoms with Crippen molar-refractivity contribution in [3.8, 4) is 5.75 Å². The number of aliphatic hydroxyl groups excluding tert-OH is 1. The topological polar surface area (TPSA) is 74.7 Å². The summed E-state index contributed by atoms with van der Waals surface area (Å²) in [7, 11) is 0. The second kappa shape index (κ2) is 8.78. The zero-order valence-electron chi connectivity index (χ0n) is 15.0. The Hall–Kier alpha value is -2.44. The fraction of sp³-hybridized carbons (Fsp3) is 0.400. The number of carbonyl (C=O) groups excluding carboxylic acids is 1. The van der Waals surface area contributed by atoms with Crippen molar-refractivity contribution in [2.75, 3.05) is 19.8 Å². The summed E-state index contributed by atoms with van der Waals surface area (Å²) in [6.45, 7) is 4.02. The predicted molar refractivity (Wildman–Crippen MR) is 99.0 cm³/mol. The summed E-state index contributed by atoms with van der Waals surface area (Å²) in [6, 6.07) is 11.5. The van der Waals surface area contributed by atoms with Crippen LogP contribution in [0.1, 0.15) is 29.3 Å². The number of rotatable bonds is 7. The Morgan fingerprint density at radius 2 is 2.19 bits per heavy atom. The van der Waals surface area contributed by atoms with Gasteiger partial charge in [0.15, 0.2) is 0 Å². The molecule has 0 spiro atoms. The maximum Gasteiger partial charge on any atom is 0.253 e. The van der Waals surface area contributed by atoms with E-state index in [2.05, 4.69) is 15.2 Å². The van der Waals surface area contributed by atoms with Crippen LogP contribution in [-0.4, -0.2) is 52.7 Å². The molecule has 6 heteroatoms. The van der Waals surface area contributed by atoms with Crippen LogP contribution >= 0.6 is 0 Å². The van der Waals surface area contributed by atoms with Gasteiger partial charge in [-0.1, -0.05) is 18.2 Å². The zero-order valence-corrected chi connectivity index (χ0v) is 15.0. The van der Waals surface area contributed by atoms with E-state index >= 15 is 0 Å². The van der Waals surface area contributed by atoms with Gasteiger partial charge < -0.3 is 15.2 Å². The zero-order chi connectivity index (χ0) is 18.4. The van der Waals surface area contributed by atoms with Gasteiger partial charge in [0.05, 0.1) is 18.8 Å². The molecular formula is C20H25N3O3. The average molecular weight is 355 g/mol. The van der Waals surface area contributed by atoms with E-state index in [0.29, 0.717) is 25.3 Å². The highest BCUT2D eigenvalue weighted by molar-refractivity contribution is 5.94. The molecule has 2 atom stereocenters. The summed E-state index contributed by atoms with van der Waals surface area (Å²) >= 11 is 0. The summed E-state index contributed by atoms with van der Waals surface area (Å²) in [5.41, 5.74) is 1.64. The molecule has 1 saturated heterocycles. The van der Waals surface area contributed by atoms with Gasteiger partial charge in [-0.2, -0.15) is 0 Å². The lowest BCUT2D eigenvalue weighted by atomic mass is 10.1. The number of nitrogens with zero attached hydrogens (tertiary/aromatic N) is 2. The highest BCUT2D eigenvalue weighted by Gasteiger charge is 2.33. The summed E-state index contributed by atoms with van der Waals surface area (Å²) in [6.07, 6.45) is 3.93. The summed E-state index contributed by atoms with van der Waals surface area (Å²) < 4.78 is 5.70. The van der Waals surface area contributed by atoms with E-state index < -0.39 is 0 Å². The lowest BCUT2D eigenvalue weighted by molar-refractivity contribution is 0.0937. The van der Waals surface area contributed by atoms with E-state index in [-0.39, 0.29) is 24.6 Å². The number of carbonyl (C=O) groups is 1. The molecule has 1 fully saturated rings. The van der Waals surface area contributed by atoms with Crippen molar-refractivity contribution in [1.82, 2.24) is 15.2 Å². The molecule has 0 bridgehead atoms. The molecule has 1 aliphatic rings. The fourth-order valence-electron chi connectivity index (χ4n) is 3.39.